The van der Waals surface area contributed by atoms with E-state index >= 15 is 0 Å². The maximum atomic E-state index is 12.7. The van der Waals surface area contributed by atoms with E-state index in [1.165, 1.54) is 30.3 Å². The normalized spacial score (nSPS) is 10.2. The summed E-state index contributed by atoms with van der Waals surface area (Å²) in [4.78, 5) is 11.9. The largest absolute Gasteiger partial charge is 0.508 e. The van der Waals surface area contributed by atoms with Gasteiger partial charge in [-0.2, -0.15) is 0 Å². The maximum Gasteiger partial charge on any atom is 0.196 e. The molecule has 0 spiro atoms. The van der Waals surface area contributed by atoms with Gasteiger partial charge in [-0.15, -0.1) is 0 Å². The van der Waals surface area contributed by atoms with Crippen LogP contribution >= 0.6 is 0 Å². The molecule has 0 aliphatic heterocycles. The number of carbonyl (C=O) groups excluding carboxylic acids is 1. The van der Waals surface area contributed by atoms with Gasteiger partial charge < -0.3 is 10.2 Å². The van der Waals surface area contributed by atoms with E-state index in [4.69, 9.17) is 0 Å². The summed E-state index contributed by atoms with van der Waals surface area (Å²) in [5.41, 5.74) is 0.226. The zero-order valence-corrected chi connectivity index (χ0v) is 8.72. The molecular weight excluding hydrogens is 223 g/mol. The second-order valence-corrected chi connectivity index (χ2v) is 3.54. The number of aromatic hydroxyl groups is 2. The fraction of sp³-hybridized carbons (Fsp3) is 0. The maximum absolute atomic E-state index is 12.7. The van der Waals surface area contributed by atoms with Gasteiger partial charge in [0.25, 0.3) is 0 Å². The quantitative estimate of drug-likeness (QED) is 0.617. The standard InChI is InChI=1S/C13H9FO3/c14-9-3-1-8(2-4-9)13(17)11-7-10(15)5-6-12(11)16/h1-7,15-16H. The van der Waals surface area contributed by atoms with Gasteiger partial charge in [-0.05, 0) is 42.5 Å². The molecule has 0 saturated carbocycles. The van der Waals surface area contributed by atoms with Crippen molar-refractivity contribution >= 4 is 5.78 Å². The smallest absolute Gasteiger partial charge is 0.196 e. The monoisotopic (exact) mass is 232 g/mol. The second-order valence-electron chi connectivity index (χ2n) is 3.54. The molecule has 3 nitrogen and oxygen atoms in total. The molecule has 2 N–H and O–H groups in total. The number of carbonyl (C=O) groups is 1. The Morgan fingerprint density at radius 1 is 1.00 bits per heavy atom. The minimum Gasteiger partial charge on any atom is -0.508 e. The molecular formula is C13H9FO3. The zero-order valence-electron chi connectivity index (χ0n) is 8.72. The van der Waals surface area contributed by atoms with Crippen LogP contribution in [0.25, 0.3) is 0 Å². The van der Waals surface area contributed by atoms with Crippen LogP contribution in [0.4, 0.5) is 4.39 Å². The highest BCUT2D eigenvalue weighted by atomic mass is 19.1. The Labute approximate surface area is 96.8 Å². The molecule has 2 rings (SSSR count). The fourth-order valence-electron chi connectivity index (χ4n) is 1.46. The number of phenolic OH excluding ortho intramolecular Hbond substituents is 2. The van der Waals surface area contributed by atoms with Crippen molar-refractivity contribution in [2.75, 3.05) is 0 Å². The predicted molar refractivity (Wildman–Crippen MR) is 59.6 cm³/mol. The van der Waals surface area contributed by atoms with Crippen molar-refractivity contribution in [3.8, 4) is 11.5 Å². The number of rotatable bonds is 2. The molecule has 0 radical (unpaired) electrons. The van der Waals surface area contributed by atoms with E-state index in [9.17, 15) is 19.4 Å². The lowest BCUT2D eigenvalue weighted by Crippen LogP contribution is -2.01. The Bertz CT molecular complexity index is 561. The second kappa shape index (κ2) is 4.25. The van der Waals surface area contributed by atoms with E-state index in [2.05, 4.69) is 0 Å². The summed E-state index contributed by atoms with van der Waals surface area (Å²) >= 11 is 0. The minimum absolute atomic E-state index is 0.0170. The molecule has 0 atom stereocenters. The summed E-state index contributed by atoms with van der Waals surface area (Å²) in [6, 6.07) is 8.63. The molecule has 0 unspecified atom stereocenters. The summed E-state index contributed by atoms with van der Waals surface area (Å²) < 4.78 is 12.7. The molecule has 0 aromatic heterocycles. The third-order valence-corrected chi connectivity index (χ3v) is 2.33. The van der Waals surface area contributed by atoms with E-state index in [1.807, 2.05) is 0 Å². The van der Waals surface area contributed by atoms with Crippen LogP contribution in [0.1, 0.15) is 15.9 Å². The van der Waals surface area contributed by atoms with E-state index in [0.29, 0.717) is 0 Å². The lowest BCUT2D eigenvalue weighted by Gasteiger charge is -2.04. The molecule has 2 aromatic rings. The Hall–Kier alpha value is -2.36. The molecule has 0 heterocycles. The first-order valence-corrected chi connectivity index (χ1v) is 4.90. The molecule has 4 heteroatoms. The van der Waals surface area contributed by atoms with Gasteiger partial charge in [-0.1, -0.05) is 0 Å². The average molecular weight is 232 g/mol. The Balaban J connectivity index is 2.43. The predicted octanol–water partition coefficient (Wildman–Crippen LogP) is 2.47. The SMILES string of the molecule is O=C(c1ccc(F)cc1)c1cc(O)ccc1O. The number of benzene rings is 2. The van der Waals surface area contributed by atoms with Crippen molar-refractivity contribution in [3.05, 3.63) is 59.4 Å². The number of hydrogen-bond donors (Lipinski definition) is 2. The molecule has 0 amide bonds. The number of ketones is 1. The summed E-state index contributed by atoms with van der Waals surface area (Å²) in [5.74, 6) is -1.26. The van der Waals surface area contributed by atoms with Gasteiger partial charge in [0, 0.05) is 5.56 Å². The van der Waals surface area contributed by atoms with Crippen LogP contribution in [0.2, 0.25) is 0 Å². The van der Waals surface area contributed by atoms with Crippen molar-refractivity contribution in [2.24, 2.45) is 0 Å². The number of phenols is 2. The first-order chi connectivity index (χ1) is 8.08. The van der Waals surface area contributed by atoms with Crippen LogP contribution in [0.5, 0.6) is 11.5 Å². The van der Waals surface area contributed by atoms with E-state index in [1.54, 1.807) is 0 Å². The number of hydrogen-bond acceptors (Lipinski definition) is 3. The Morgan fingerprint density at radius 2 is 1.65 bits per heavy atom. The van der Waals surface area contributed by atoms with Crippen LogP contribution in [0.15, 0.2) is 42.5 Å². The van der Waals surface area contributed by atoms with Gasteiger partial charge >= 0.3 is 0 Å². The van der Waals surface area contributed by atoms with E-state index < -0.39 is 11.6 Å². The summed E-state index contributed by atoms with van der Waals surface area (Å²) in [7, 11) is 0. The summed E-state index contributed by atoms with van der Waals surface area (Å²) in [6.45, 7) is 0. The molecule has 0 aliphatic carbocycles. The van der Waals surface area contributed by atoms with Gasteiger partial charge in [0.2, 0.25) is 0 Å². The first kappa shape index (κ1) is 11.1. The summed E-state index contributed by atoms with van der Waals surface area (Å²) in [5, 5.41) is 18.8. The van der Waals surface area contributed by atoms with Gasteiger partial charge in [-0.3, -0.25) is 4.79 Å². The molecule has 86 valence electrons. The first-order valence-electron chi connectivity index (χ1n) is 4.90. The Morgan fingerprint density at radius 3 is 2.29 bits per heavy atom. The lowest BCUT2D eigenvalue weighted by molar-refractivity contribution is 0.103. The lowest BCUT2D eigenvalue weighted by atomic mass is 10.0. The molecule has 0 aliphatic rings. The van der Waals surface area contributed by atoms with Crippen LogP contribution in [0.3, 0.4) is 0 Å². The average Bonchev–Trinajstić information content (AvgIpc) is 2.32. The topological polar surface area (TPSA) is 57.5 Å². The zero-order chi connectivity index (χ0) is 12.4. The van der Waals surface area contributed by atoms with Crippen molar-refractivity contribution in [2.45, 2.75) is 0 Å². The Kier molecular flexibility index (Phi) is 2.78. The third-order valence-electron chi connectivity index (χ3n) is 2.33. The van der Waals surface area contributed by atoms with Gasteiger partial charge in [0.05, 0.1) is 5.56 Å². The summed E-state index contributed by atoms with van der Waals surface area (Å²) in [6.07, 6.45) is 0. The fourth-order valence-corrected chi connectivity index (χ4v) is 1.46. The van der Waals surface area contributed by atoms with Gasteiger partial charge in [-0.25, -0.2) is 4.39 Å². The van der Waals surface area contributed by atoms with Crippen LogP contribution in [0, 0.1) is 5.82 Å². The van der Waals surface area contributed by atoms with Crippen LogP contribution < -0.4 is 0 Å². The molecule has 0 fully saturated rings. The highest BCUT2D eigenvalue weighted by Crippen LogP contribution is 2.24. The van der Waals surface area contributed by atoms with Crippen molar-refractivity contribution in [1.82, 2.24) is 0 Å². The van der Waals surface area contributed by atoms with E-state index in [0.717, 1.165) is 12.1 Å². The van der Waals surface area contributed by atoms with Crippen molar-refractivity contribution in [1.29, 1.82) is 0 Å². The van der Waals surface area contributed by atoms with Gasteiger partial charge in [0.1, 0.15) is 17.3 Å². The number of halogens is 1. The third kappa shape index (κ3) is 2.25. The molecule has 17 heavy (non-hydrogen) atoms. The molecule has 0 saturated heterocycles. The van der Waals surface area contributed by atoms with Crippen molar-refractivity contribution in [3.63, 3.8) is 0 Å². The van der Waals surface area contributed by atoms with E-state index in [-0.39, 0.29) is 22.6 Å². The van der Waals surface area contributed by atoms with Crippen LogP contribution in [-0.4, -0.2) is 16.0 Å². The van der Waals surface area contributed by atoms with Crippen LogP contribution in [-0.2, 0) is 0 Å². The highest BCUT2D eigenvalue weighted by Gasteiger charge is 2.14. The van der Waals surface area contributed by atoms with Crippen molar-refractivity contribution < 1.29 is 19.4 Å². The highest BCUT2D eigenvalue weighted by molar-refractivity contribution is 6.10. The molecule has 0 bridgehead atoms. The molecule has 2 aromatic carbocycles. The van der Waals surface area contributed by atoms with Gasteiger partial charge in [0.15, 0.2) is 5.78 Å². The minimum atomic E-state index is -0.474.